The minimum absolute atomic E-state index is 0.356. The standard InChI is InChI=1S/C28H54O4/c1-3-5-7-8-9-10-11-12-13-14-15-16-17-18-19-20-21-23-25-32-28(31)26(27(29)30)24-22-6-4-2/h26H,3-25H2,1-2H3,(H,29,30). The molecule has 0 aromatic rings. The van der Waals surface area contributed by atoms with Crippen LogP contribution in [0.25, 0.3) is 0 Å². The van der Waals surface area contributed by atoms with E-state index >= 15 is 0 Å². The van der Waals surface area contributed by atoms with Crippen molar-refractivity contribution in [2.45, 2.75) is 155 Å². The summed E-state index contributed by atoms with van der Waals surface area (Å²) in [7, 11) is 0. The highest BCUT2D eigenvalue weighted by Gasteiger charge is 2.26. The van der Waals surface area contributed by atoms with Crippen LogP contribution >= 0.6 is 0 Å². The third-order valence-electron chi connectivity index (χ3n) is 6.42. The quantitative estimate of drug-likeness (QED) is 0.0849. The van der Waals surface area contributed by atoms with Crippen LogP contribution in [0.3, 0.4) is 0 Å². The number of ether oxygens (including phenoxy) is 1. The second kappa shape index (κ2) is 24.6. The number of aliphatic carboxylic acids is 1. The molecule has 0 amide bonds. The molecule has 0 aliphatic carbocycles. The highest BCUT2D eigenvalue weighted by atomic mass is 16.5. The molecule has 1 atom stereocenters. The normalized spacial score (nSPS) is 12.1. The third kappa shape index (κ3) is 20.8. The van der Waals surface area contributed by atoms with E-state index < -0.39 is 17.9 Å². The Balaban J connectivity index is 3.35. The van der Waals surface area contributed by atoms with Crippen LogP contribution in [0.1, 0.15) is 155 Å². The van der Waals surface area contributed by atoms with E-state index in [9.17, 15) is 14.7 Å². The second-order valence-electron chi connectivity index (χ2n) is 9.56. The molecule has 32 heavy (non-hydrogen) atoms. The lowest BCUT2D eigenvalue weighted by molar-refractivity contribution is -0.159. The Kier molecular flexibility index (Phi) is 23.8. The maximum atomic E-state index is 12.0. The van der Waals surface area contributed by atoms with Crippen LogP contribution in [0, 0.1) is 5.92 Å². The minimum atomic E-state index is -1.05. The fraction of sp³-hybridized carbons (Fsp3) is 0.929. The summed E-state index contributed by atoms with van der Waals surface area (Å²) in [6.07, 6.45) is 27.0. The first-order valence-corrected chi connectivity index (χ1v) is 14.0. The summed E-state index contributed by atoms with van der Waals surface area (Å²) in [5.41, 5.74) is 0. The molecule has 0 aromatic heterocycles. The van der Waals surface area contributed by atoms with Crippen molar-refractivity contribution in [3.05, 3.63) is 0 Å². The maximum Gasteiger partial charge on any atom is 0.320 e. The Morgan fingerprint density at radius 1 is 0.562 bits per heavy atom. The van der Waals surface area contributed by atoms with E-state index in [1.807, 2.05) is 0 Å². The molecule has 0 radical (unpaired) electrons. The van der Waals surface area contributed by atoms with Crippen molar-refractivity contribution in [2.24, 2.45) is 5.92 Å². The van der Waals surface area contributed by atoms with Crippen LogP contribution in [0.5, 0.6) is 0 Å². The summed E-state index contributed by atoms with van der Waals surface area (Å²) in [6.45, 7) is 4.70. The summed E-state index contributed by atoms with van der Waals surface area (Å²) in [6, 6.07) is 0. The van der Waals surface area contributed by atoms with Crippen LogP contribution in [-0.4, -0.2) is 23.7 Å². The van der Waals surface area contributed by atoms with Gasteiger partial charge in [0.05, 0.1) is 6.61 Å². The maximum absolute atomic E-state index is 12.0. The smallest absolute Gasteiger partial charge is 0.320 e. The van der Waals surface area contributed by atoms with Gasteiger partial charge in [0, 0.05) is 0 Å². The van der Waals surface area contributed by atoms with Gasteiger partial charge >= 0.3 is 11.9 Å². The summed E-state index contributed by atoms with van der Waals surface area (Å²) < 4.78 is 5.21. The molecule has 0 bridgehead atoms. The molecule has 0 saturated carbocycles. The summed E-state index contributed by atoms with van der Waals surface area (Å²) in [5.74, 6) is -2.60. The molecule has 0 aliphatic heterocycles. The van der Waals surface area contributed by atoms with Gasteiger partial charge in [0.2, 0.25) is 0 Å². The lowest BCUT2D eigenvalue weighted by Gasteiger charge is -2.11. The van der Waals surface area contributed by atoms with Crippen LogP contribution in [0.4, 0.5) is 0 Å². The molecule has 0 aliphatic rings. The molecule has 4 heteroatoms. The fourth-order valence-electron chi connectivity index (χ4n) is 4.22. The molecule has 0 heterocycles. The predicted octanol–water partition coefficient (Wildman–Crippen LogP) is 8.85. The van der Waals surface area contributed by atoms with Crippen LogP contribution < -0.4 is 0 Å². The van der Waals surface area contributed by atoms with Crippen molar-refractivity contribution in [1.29, 1.82) is 0 Å². The number of carboxylic acids is 1. The number of hydrogen-bond donors (Lipinski definition) is 1. The number of carbonyl (C=O) groups excluding carboxylic acids is 1. The first-order valence-electron chi connectivity index (χ1n) is 14.0. The molecule has 0 rings (SSSR count). The number of rotatable bonds is 25. The van der Waals surface area contributed by atoms with E-state index in [4.69, 9.17) is 4.74 Å². The second-order valence-corrected chi connectivity index (χ2v) is 9.56. The van der Waals surface area contributed by atoms with E-state index in [2.05, 4.69) is 13.8 Å². The predicted molar refractivity (Wildman–Crippen MR) is 135 cm³/mol. The van der Waals surface area contributed by atoms with Crippen molar-refractivity contribution in [3.63, 3.8) is 0 Å². The minimum Gasteiger partial charge on any atom is -0.481 e. The zero-order valence-electron chi connectivity index (χ0n) is 21.5. The van der Waals surface area contributed by atoms with Gasteiger partial charge in [-0.15, -0.1) is 0 Å². The zero-order valence-corrected chi connectivity index (χ0v) is 21.5. The van der Waals surface area contributed by atoms with Crippen molar-refractivity contribution in [2.75, 3.05) is 6.61 Å². The number of unbranched alkanes of at least 4 members (excludes halogenated alkanes) is 19. The van der Waals surface area contributed by atoms with E-state index in [1.165, 1.54) is 103 Å². The molecule has 0 spiro atoms. The Morgan fingerprint density at radius 3 is 1.28 bits per heavy atom. The van der Waals surface area contributed by atoms with Crippen molar-refractivity contribution < 1.29 is 19.4 Å². The molecule has 190 valence electrons. The SMILES string of the molecule is CCCCCCCCCCCCCCCCCCCCOC(=O)C(CCCCC)C(=O)O. The molecular formula is C28H54O4. The average Bonchev–Trinajstić information content (AvgIpc) is 2.78. The largest absolute Gasteiger partial charge is 0.481 e. The molecule has 4 nitrogen and oxygen atoms in total. The Bertz CT molecular complexity index is 422. The topological polar surface area (TPSA) is 63.6 Å². The van der Waals surface area contributed by atoms with Gasteiger partial charge in [-0.2, -0.15) is 0 Å². The Labute approximate surface area is 199 Å². The first kappa shape index (κ1) is 30.9. The van der Waals surface area contributed by atoms with Gasteiger partial charge in [-0.3, -0.25) is 9.59 Å². The number of carbonyl (C=O) groups is 2. The van der Waals surface area contributed by atoms with E-state index in [0.29, 0.717) is 13.0 Å². The van der Waals surface area contributed by atoms with Crippen molar-refractivity contribution in [3.8, 4) is 0 Å². The number of esters is 1. The molecule has 1 unspecified atom stereocenters. The molecule has 0 aromatic carbocycles. The van der Waals surface area contributed by atoms with Gasteiger partial charge in [0.25, 0.3) is 0 Å². The highest BCUT2D eigenvalue weighted by molar-refractivity contribution is 5.93. The Hall–Kier alpha value is -1.06. The van der Waals surface area contributed by atoms with Gasteiger partial charge < -0.3 is 9.84 Å². The number of hydrogen-bond acceptors (Lipinski definition) is 3. The van der Waals surface area contributed by atoms with Crippen LogP contribution in [-0.2, 0) is 14.3 Å². The monoisotopic (exact) mass is 454 g/mol. The molecule has 0 saturated heterocycles. The van der Waals surface area contributed by atoms with Gasteiger partial charge in [0.1, 0.15) is 0 Å². The van der Waals surface area contributed by atoms with E-state index in [0.717, 1.165) is 32.1 Å². The first-order chi connectivity index (χ1) is 15.6. The summed E-state index contributed by atoms with van der Waals surface area (Å²) >= 11 is 0. The van der Waals surface area contributed by atoms with Gasteiger partial charge in [-0.1, -0.05) is 142 Å². The van der Waals surface area contributed by atoms with E-state index in [1.54, 1.807) is 0 Å². The fourth-order valence-corrected chi connectivity index (χ4v) is 4.22. The van der Waals surface area contributed by atoms with Crippen molar-refractivity contribution in [1.82, 2.24) is 0 Å². The van der Waals surface area contributed by atoms with Crippen LogP contribution in [0.2, 0.25) is 0 Å². The number of carboxylic acid groups (broad SMARTS) is 1. The lowest BCUT2D eigenvalue weighted by atomic mass is 10.0. The van der Waals surface area contributed by atoms with E-state index in [-0.39, 0.29) is 0 Å². The highest BCUT2D eigenvalue weighted by Crippen LogP contribution is 2.15. The molecular weight excluding hydrogens is 400 g/mol. The van der Waals surface area contributed by atoms with Crippen molar-refractivity contribution >= 4 is 11.9 Å². The zero-order chi connectivity index (χ0) is 23.7. The van der Waals surface area contributed by atoms with Gasteiger partial charge in [0.15, 0.2) is 5.92 Å². The lowest BCUT2D eigenvalue weighted by Crippen LogP contribution is -2.26. The Morgan fingerprint density at radius 2 is 0.906 bits per heavy atom. The van der Waals surface area contributed by atoms with Crippen LogP contribution in [0.15, 0.2) is 0 Å². The molecule has 0 fully saturated rings. The van der Waals surface area contributed by atoms with Gasteiger partial charge in [-0.05, 0) is 12.8 Å². The van der Waals surface area contributed by atoms with Gasteiger partial charge in [-0.25, -0.2) is 0 Å². The summed E-state index contributed by atoms with van der Waals surface area (Å²) in [4.78, 5) is 23.2. The summed E-state index contributed by atoms with van der Waals surface area (Å²) in [5, 5.41) is 9.20. The third-order valence-corrected chi connectivity index (χ3v) is 6.42. The average molecular weight is 455 g/mol. The molecule has 1 N–H and O–H groups in total.